The number of esters is 1. The number of hydrogen-bond acceptors (Lipinski definition) is 8. The minimum atomic E-state index is -3.83. The fourth-order valence-corrected chi connectivity index (χ4v) is 6.79. The quantitative estimate of drug-likeness (QED) is 0.383. The van der Waals surface area contributed by atoms with Gasteiger partial charge in [0.25, 0.3) is 5.56 Å². The molecule has 0 radical (unpaired) electrons. The zero-order chi connectivity index (χ0) is 29.7. The van der Waals surface area contributed by atoms with Crippen molar-refractivity contribution in [2.45, 2.75) is 32.2 Å². The Morgan fingerprint density at radius 3 is 2.59 bits per heavy atom. The van der Waals surface area contributed by atoms with E-state index < -0.39 is 34.0 Å². The van der Waals surface area contributed by atoms with Crippen LogP contribution in [0.2, 0.25) is 5.02 Å². The molecule has 3 aromatic rings. The number of benzene rings is 2. The number of thiazole rings is 1. The van der Waals surface area contributed by atoms with Crippen molar-refractivity contribution in [1.82, 2.24) is 8.87 Å². The zero-order valence-electron chi connectivity index (χ0n) is 22.8. The van der Waals surface area contributed by atoms with E-state index in [4.69, 9.17) is 21.1 Å². The van der Waals surface area contributed by atoms with Gasteiger partial charge in [0, 0.05) is 13.1 Å². The summed E-state index contributed by atoms with van der Waals surface area (Å²) in [6.07, 6.45) is 2.90. The summed E-state index contributed by atoms with van der Waals surface area (Å²) in [6.45, 7) is 6.25. The summed E-state index contributed by atoms with van der Waals surface area (Å²) in [5.74, 6) is -1.28. The first-order valence-corrected chi connectivity index (χ1v) is 15.5. The molecule has 13 heteroatoms. The third-order valence-electron chi connectivity index (χ3n) is 6.31. The number of morpholine rings is 1. The molecule has 2 heterocycles. The fourth-order valence-electron chi connectivity index (χ4n) is 4.16. The molecular weight excluding hydrogens is 590 g/mol. The highest BCUT2D eigenvalue weighted by molar-refractivity contribution is 7.89. The Morgan fingerprint density at radius 2 is 1.88 bits per heavy atom. The Balaban J connectivity index is 1.68. The van der Waals surface area contributed by atoms with Crippen molar-refractivity contribution < 1.29 is 27.5 Å². The molecule has 1 aliphatic heterocycles. The molecule has 1 amide bonds. The van der Waals surface area contributed by atoms with Gasteiger partial charge in [-0.05, 0) is 56.2 Å². The molecule has 1 aliphatic rings. The number of halogens is 1. The second-order valence-electron chi connectivity index (χ2n) is 9.30. The number of amides is 1. The third-order valence-corrected chi connectivity index (χ3v) is 9.59. The summed E-state index contributed by atoms with van der Waals surface area (Å²) in [5.41, 5.74) is 2.44. The highest BCUT2D eigenvalue weighted by Gasteiger charge is 2.27. The normalized spacial score (nSPS) is 15.2. The van der Waals surface area contributed by atoms with Crippen molar-refractivity contribution in [1.29, 1.82) is 0 Å². The summed E-state index contributed by atoms with van der Waals surface area (Å²) in [4.78, 5) is 38.8. The summed E-state index contributed by atoms with van der Waals surface area (Å²) >= 11 is 7.35. The van der Waals surface area contributed by atoms with E-state index >= 15 is 0 Å². The lowest BCUT2D eigenvalue weighted by atomic mass is 10.1. The predicted molar refractivity (Wildman–Crippen MR) is 158 cm³/mol. The molecule has 41 heavy (non-hydrogen) atoms. The monoisotopic (exact) mass is 619 g/mol. The Labute approximate surface area is 246 Å². The largest absolute Gasteiger partial charge is 0.463 e. The van der Waals surface area contributed by atoms with Gasteiger partial charge in [0.1, 0.15) is 11.2 Å². The maximum Gasteiger partial charge on any atom is 0.333 e. The van der Waals surface area contributed by atoms with Gasteiger partial charge in [-0.15, -0.1) is 11.3 Å². The minimum absolute atomic E-state index is 0.0338. The molecule has 1 N–H and O–H groups in total. The molecule has 0 aliphatic carbocycles. The molecule has 0 unspecified atom stereocenters. The van der Waals surface area contributed by atoms with Crippen LogP contribution in [-0.4, -0.2) is 62.1 Å². The Bertz CT molecular complexity index is 1760. The number of rotatable bonds is 8. The van der Waals surface area contributed by atoms with Gasteiger partial charge in [-0.1, -0.05) is 35.4 Å². The highest BCUT2D eigenvalue weighted by Crippen LogP contribution is 2.27. The van der Waals surface area contributed by atoms with Crippen LogP contribution in [0.1, 0.15) is 23.6 Å². The van der Waals surface area contributed by atoms with Crippen LogP contribution in [0, 0.1) is 13.8 Å². The van der Waals surface area contributed by atoms with E-state index in [1.807, 2.05) is 32.0 Å². The van der Waals surface area contributed by atoms with E-state index in [1.54, 1.807) is 13.0 Å². The van der Waals surface area contributed by atoms with E-state index in [0.29, 0.717) is 17.7 Å². The minimum Gasteiger partial charge on any atom is -0.463 e. The van der Waals surface area contributed by atoms with Crippen LogP contribution in [-0.2, 0) is 35.6 Å². The molecule has 10 nitrogen and oxygen atoms in total. The molecule has 4 rings (SSSR count). The molecule has 0 bridgehead atoms. The van der Waals surface area contributed by atoms with Crippen molar-refractivity contribution in [3.8, 4) is 0 Å². The summed E-state index contributed by atoms with van der Waals surface area (Å²) < 4.78 is 39.5. The van der Waals surface area contributed by atoms with Gasteiger partial charge in [-0.3, -0.25) is 14.2 Å². The van der Waals surface area contributed by atoms with Crippen molar-refractivity contribution in [3.05, 3.63) is 77.7 Å². The van der Waals surface area contributed by atoms with E-state index in [1.165, 1.54) is 33.1 Å². The molecule has 0 spiro atoms. The summed E-state index contributed by atoms with van der Waals surface area (Å²) in [6, 6.07) is 9.90. The molecule has 1 fully saturated rings. The number of sulfonamides is 1. The van der Waals surface area contributed by atoms with E-state index in [-0.39, 0.29) is 40.0 Å². The molecule has 2 aromatic carbocycles. The van der Waals surface area contributed by atoms with Crippen LogP contribution in [0.25, 0.3) is 12.2 Å². The molecule has 1 aromatic heterocycles. The van der Waals surface area contributed by atoms with Crippen molar-refractivity contribution in [2.75, 3.05) is 38.2 Å². The summed E-state index contributed by atoms with van der Waals surface area (Å²) in [5, 5.41) is 2.73. The van der Waals surface area contributed by atoms with Crippen LogP contribution in [0.15, 0.2) is 46.1 Å². The van der Waals surface area contributed by atoms with Crippen molar-refractivity contribution in [3.63, 3.8) is 0 Å². The smallest absolute Gasteiger partial charge is 0.333 e. The highest BCUT2D eigenvalue weighted by atomic mass is 35.5. The van der Waals surface area contributed by atoms with Gasteiger partial charge in [0.15, 0.2) is 0 Å². The van der Waals surface area contributed by atoms with Crippen molar-refractivity contribution in [2.24, 2.45) is 0 Å². The molecular formula is C28H30ClN3O7S2. The SMILES string of the molecule is CCOC(=O)/C=c1\s/c(=C\c2cc(C)ccc2C)c(=O)n1CC(=O)Nc1cc(S(=O)(=O)N2CCOCC2)ccc1Cl. The zero-order valence-corrected chi connectivity index (χ0v) is 25.2. The number of ether oxygens (including phenoxy) is 2. The average molecular weight is 620 g/mol. The van der Waals surface area contributed by atoms with Gasteiger partial charge in [0.2, 0.25) is 15.9 Å². The predicted octanol–water partition coefficient (Wildman–Crippen LogP) is 2.01. The second kappa shape index (κ2) is 13.1. The third kappa shape index (κ3) is 7.32. The Hall–Kier alpha value is -3.29. The lowest BCUT2D eigenvalue weighted by Gasteiger charge is -2.26. The summed E-state index contributed by atoms with van der Waals surface area (Å²) in [7, 11) is -3.83. The van der Waals surface area contributed by atoms with Crippen LogP contribution >= 0.6 is 22.9 Å². The van der Waals surface area contributed by atoms with E-state index in [9.17, 15) is 22.8 Å². The number of aromatic nitrogens is 1. The number of nitrogens with zero attached hydrogens (tertiary/aromatic N) is 2. The first-order chi connectivity index (χ1) is 19.5. The van der Waals surface area contributed by atoms with Gasteiger partial charge >= 0.3 is 5.97 Å². The molecule has 0 saturated carbocycles. The van der Waals surface area contributed by atoms with Crippen molar-refractivity contribution >= 4 is 62.7 Å². The first kappa shape index (κ1) is 30.7. The van der Waals surface area contributed by atoms with Crippen LogP contribution in [0.4, 0.5) is 5.69 Å². The standard InChI is InChI=1S/C28H30ClN3O7S2/c1-4-39-27(34)16-26-32(28(35)24(40-26)14-20-13-18(2)5-6-19(20)3)17-25(33)30-23-15-21(7-8-22(23)29)41(36,37)31-9-11-38-12-10-31/h5-8,13-16H,4,9-12,17H2,1-3H3,(H,30,33)/b24-14-,26-16-. The van der Waals surface area contributed by atoms with Gasteiger partial charge in [-0.25, -0.2) is 13.2 Å². The Kier molecular flexibility index (Phi) is 9.82. The van der Waals surface area contributed by atoms with Crippen LogP contribution in [0.3, 0.4) is 0 Å². The van der Waals surface area contributed by atoms with Gasteiger partial charge < -0.3 is 14.8 Å². The lowest BCUT2D eigenvalue weighted by molar-refractivity contribution is -0.135. The maximum absolute atomic E-state index is 13.4. The van der Waals surface area contributed by atoms with Crippen LogP contribution in [0.5, 0.6) is 0 Å². The maximum atomic E-state index is 13.4. The van der Waals surface area contributed by atoms with Gasteiger partial charge in [0.05, 0.1) is 46.0 Å². The fraction of sp³-hybridized carbons (Fsp3) is 0.321. The lowest BCUT2D eigenvalue weighted by Crippen LogP contribution is -2.40. The second-order valence-corrected chi connectivity index (χ2v) is 12.7. The Morgan fingerprint density at radius 1 is 1.15 bits per heavy atom. The number of aryl methyl sites for hydroxylation is 2. The van der Waals surface area contributed by atoms with Crippen LogP contribution < -0.4 is 20.1 Å². The molecule has 1 saturated heterocycles. The number of anilines is 1. The average Bonchev–Trinajstić information content (AvgIpc) is 3.21. The number of nitrogens with one attached hydrogen (secondary N) is 1. The molecule has 0 atom stereocenters. The number of carbonyl (C=O) groups is 2. The van der Waals surface area contributed by atoms with E-state index in [0.717, 1.165) is 28.0 Å². The van der Waals surface area contributed by atoms with E-state index in [2.05, 4.69) is 5.32 Å². The number of hydrogen-bond donors (Lipinski definition) is 1. The van der Waals surface area contributed by atoms with Gasteiger partial charge in [-0.2, -0.15) is 4.31 Å². The first-order valence-electron chi connectivity index (χ1n) is 12.8. The topological polar surface area (TPSA) is 124 Å². The molecule has 218 valence electrons. The number of carbonyl (C=O) groups excluding carboxylic acids is 2.